The maximum absolute atomic E-state index is 10.5. The Morgan fingerprint density at radius 1 is 1.23 bits per heavy atom. The van der Waals surface area contributed by atoms with Crippen LogP contribution in [0, 0.1) is 5.41 Å². The zero-order chi connectivity index (χ0) is 10.3. The lowest BCUT2D eigenvalue weighted by Gasteiger charge is -2.48. The standard InChI is InChI=1S/C11H22O2/c1-9(2,3)11(12)6-7-13-10(4,5)8-11/h12H,6-8H2,1-5H3. The summed E-state index contributed by atoms with van der Waals surface area (Å²) >= 11 is 0. The number of ether oxygens (including phenoxy) is 1. The summed E-state index contributed by atoms with van der Waals surface area (Å²) in [7, 11) is 0. The van der Waals surface area contributed by atoms with Crippen molar-refractivity contribution in [1.82, 2.24) is 0 Å². The lowest BCUT2D eigenvalue weighted by molar-refractivity contribution is -0.183. The van der Waals surface area contributed by atoms with E-state index < -0.39 is 5.60 Å². The van der Waals surface area contributed by atoms with E-state index in [1.807, 2.05) is 13.8 Å². The summed E-state index contributed by atoms with van der Waals surface area (Å²) in [6, 6.07) is 0. The minimum atomic E-state index is -0.575. The fourth-order valence-corrected chi connectivity index (χ4v) is 1.98. The average Bonchev–Trinajstić information content (AvgIpc) is 1.80. The predicted molar refractivity (Wildman–Crippen MR) is 53.7 cm³/mol. The van der Waals surface area contributed by atoms with E-state index in [1.54, 1.807) is 0 Å². The van der Waals surface area contributed by atoms with Gasteiger partial charge in [-0.3, -0.25) is 0 Å². The van der Waals surface area contributed by atoms with Crippen LogP contribution in [0.25, 0.3) is 0 Å². The third-order valence-corrected chi connectivity index (χ3v) is 3.12. The first-order chi connectivity index (χ1) is 5.66. The van der Waals surface area contributed by atoms with Crippen molar-refractivity contribution < 1.29 is 9.84 Å². The lowest BCUT2D eigenvalue weighted by atomic mass is 9.68. The third-order valence-electron chi connectivity index (χ3n) is 3.12. The summed E-state index contributed by atoms with van der Waals surface area (Å²) in [5, 5.41) is 10.5. The van der Waals surface area contributed by atoms with Crippen molar-refractivity contribution in [3.63, 3.8) is 0 Å². The summed E-state index contributed by atoms with van der Waals surface area (Å²) in [4.78, 5) is 0. The van der Waals surface area contributed by atoms with E-state index in [0.29, 0.717) is 6.61 Å². The fourth-order valence-electron chi connectivity index (χ4n) is 1.98. The van der Waals surface area contributed by atoms with E-state index in [4.69, 9.17) is 4.74 Å². The quantitative estimate of drug-likeness (QED) is 0.629. The topological polar surface area (TPSA) is 29.5 Å². The van der Waals surface area contributed by atoms with Crippen LogP contribution in [0.3, 0.4) is 0 Å². The van der Waals surface area contributed by atoms with Gasteiger partial charge in [0.2, 0.25) is 0 Å². The van der Waals surface area contributed by atoms with Crippen LogP contribution in [0.15, 0.2) is 0 Å². The highest BCUT2D eigenvalue weighted by atomic mass is 16.5. The first kappa shape index (κ1) is 11.0. The minimum Gasteiger partial charge on any atom is -0.389 e. The maximum atomic E-state index is 10.5. The molecule has 1 saturated heterocycles. The highest BCUT2D eigenvalue weighted by Crippen LogP contribution is 2.43. The van der Waals surface area contributed by atoms with E-state index in [0.717, 1.165) is 12.8 Å². The molecule has 1 rings (SSSR count). The van der Waals surface area contributed by atoms with E-state index in [1.165, 1.54) is 0 Å². The molecule has 0 spiro atoms. The van der Waals surface area contributed by atoms with Gasteiger partial charge in [-0.2, -0.15) is 0 Å². The highest BCUT2D eigenvalue weighted by molar-refractivity contribution is 4.97. The SMILES string of the molecule is CC1(C)CC(O)(C(C)(C)C)CCO1. The van der Waals surface area contributed by atoms with Crippen molar-refractivity contribution in [3.05, 3.63) is 0 Å². The Morgan fingerprint density at radius 3 is 2.08 bits per heavy atom. The Hall–Kier alpha value is -0.0800. The molecule has 1 N–H and O–H groups in total. The van der Waals surface area contributed by atoms with Crippen molar-refractivity contribution in [2.75, 3.05) is 6.61 Å². The Morgan fingerprint density at radius 2 is 1.77 bits per heavy atom. The minimum absolute atomic E-state index is 0.0615. The van der Waals surface area contributed by atoms with Crippen LogP contribution in [-0.4, -0.2) is 22.9 Å². The van der Waals surface area contributed by atoms with Crippen LogP contribution in [0.5, 0.6) is 0 Å². The number of hydrogen-bond acceptors (Lipinski definition) is 2. The molecule has 0 aromatic rings. The zero-order valence-electron chi connectivity index (χ0n) is 9.48. The summed E-state index contributed by atoms with van der Waals surface area (Å²) in [5.74, 6) is 0. The van der Waals surface area contributed by atoms with Crippen LogP contribution in [0.2, 0.25) is 0 Å². The molecule has 0 radical (unpaired) electrons. The third kappa shape index (κ3) is 2.23. The van der Waals surface area contributed by atoms with Crippen LogP contribution in [0.1, 0.15) is 47.5 Å². The van der Waals surface area contributed by atoms with E-state index in [-0.39, 0.29) is 11.0 Å². The van der Waals surface area contributed by atoms with Crippen molar-refractivity contribution in [1.29, 1.82) is 0 Å². The van der Waals surface area contributed by atoms with Crippen LogP contribution < -0.4 is 0 Å². The van der Waals surface area contributed by atoms with E-state index in [9.17, 15) is 5.11 Å². The molecule has 1 aliphatic heterocycles. The molecule has 0 aromatic carbocycles. The smallest absolute Gasteiger partial charge is 0.0744 e. The molecular weight excluding hydrogens is 164 g/mol. The molecule has 13 heavy (non-hydrogen) atoms. The van der Waals surface area contributed by atoms with Crippen molar-refractivity contribution in [3.8, 4) is 0 Å². The predicted octanol–water partition coefficient (Wildman–Crippen LogP) is 2.35. The molecular formula is C11H22O2. The van der Waals surface area contributed by atoms with Gasteiger partial charge in [0.25, 0.3) is 0 Å². The number of rotatable bonds is 0. The molecule has 0 aliphatic carbocycles. The van der Waals surface area contributed by atoms with Gasteiger partial charge in [-0.05, 0) is 19.3 Å². The molecule has 0 amide bonds. The molecule has 1 unspecified atom stereocenters. The highest BCUT2D eigenvalue weighted by Gasteiger charge is 2.46. The van der Waals surface area contributed by atoms with Crippen LogP contribution in [-0.2, 0) is 4.74 Å². The average molecular weight is 186 g/mol. The van der Waals surface area contributed by atoms with E-state index in [2.05, 4.69) is 20.8 Å². The van der Waals surface area contributed by atoms with Gasteiger partial charge in [-0.1, -0.05) is 20.8 Å². The summed E-state index contributed by atoms with van der Waals surface area (Å²) < 4.78 is 5.60. The molecule has 0 saturated carbocycles. The molecule has 0 aromatic heterocycles. The molecule has 1 heterocycles. The Balaban J connectivity index is 2.81. The van der Waals surface area contributed by atoms with Crippen molar-refractivity contribution >= 4 is 0 Å². The van der Waals surface area contributed by atoms with Crippen LogP contribution >= 0.6 is 0 Å². The maximum Gasteiger partial charge on any atom is 0.0744 e. The Labute approximate surface area is 81.3 Å². The molecule has 78 valence electrons. The van der Waals surface area contributed by atoms with Crippen LogP contribution in [0.4, 0.5) is 0 Å². The first-order valence-corrected chi connectivity index (χ1v) is 5.03. The fraction of sp³-hybridized carbons (Fsp3) is 1.00. The molecule has 2 nitrogen and oxygen atoms in total. The molecule has 1 aliphatic rings. The monoisotopic (exact) mass is 186 g/mol. The first-order valence-electron chi connectivity index (χ1n) is 5.03. The Bertz CT molecular complexity index is 191. The summed E-state index contributed by atoms with van der Waals surface area (Å²) in [6.07, 6.45) is 1.48. The van der Waals surface area contributed by atoms with Gasteiger partial charge in [0.1, 0.15) is 0 Å². The molecule has 0 bridgehead atoms. The van der Waals surface area contributed by atoms with Gasteiger partial charge in [0, 0.05) is 12.8 Å². The lowest BCUT2D eigenvalue weighted by Crippen LogP contribution is -2.53. The van der Waals surface area contributed by atoms with E-state index >= 15 is 0 Å². The second-order valence-electron chi connectivity index (χ2n) is 5.82. The zero-order valence-corrected chi connectivity index (χ0v) is 9.48. The van der Waals surface area contributed by atoms with Gasteiger partial charge in [0.05, 0.1) is 17.8 Å². The van der Waals surface area contributed by atoms with Gasteiger partial charge in [0.15, 0.2) is 0 Å². The molecule has 2 heteroatoms. The summed E-state index contributed by atoms with van der Waals surface area (Å²) in [5.41, 5.74) is -0.816. The Kier molecular flexibility index (Phi) is 2.50. The van der Waals surface area contributed by atoms with Gasteiger partial charge in [-0.15, -0.1) is 0 Å². The van der Waals surface area contributed by atoms with Gasteiger partial charge < -0.3 is 9.84 Å². The number of hydrogen-bond donors (Lipinski definition) is 1. The second kappa shape index (κ2) is 2.96. The largest absolute Gasteiger partial charge is 0.389 e. The normalized spacial score (nSPS) is 34.6. The molecule has 1 fully saturated rings. The van der Waals surface area contributed by atoms with Crippen molar-refractivity contribution in [2.24, 2.45) is 5.41 Å². The van der Waals surface area contributed by atoms with Gasteiger partial charge >= 0.3 is 0 Å². The summed E-state index contributed by atoms with van der Waals surface area (Å²) in [6.45, 7) is 11.0. The second-order valence-corrected chi connectivity index (χ2v) is 5.82. The number of aliphatic hydroxyl groups is 1. The van der Waals surface area contributed by atoms with Crippen molar-refractivity contribution in [2.45, 2.75) is 58.7 Å². The van der Waals surface area contributed by atoms with Gasteiger partial charge in [-0.25, -0.2) is 0 Å². The molecule has 1 atom stereocenters.